The minimum absolute atomic E-state index is 0.0630. The number of rotatable bonds is 3. The van der Waals surface area contributed by atoms with Crippen molar-refractivity contribution in [3.8, 4) is 0 Å². The molecule has 156 valence electrons. The van der Waals surface area contributed by atoms with Crippen LogP contribution in [-0.2, 0) is 15.3 Å². The number of allylic oxidation sites excluding steroid dienone is 1. The summed E-state index contributed by atoms with van der Waals surface area (Å²) in [5.74, 6) is -8.33. The summed E-state index contributed by atoms with van der Waals surface area (Å²) in [5.41, 5.74) is -10.6. The SMILES string of the molecule is O=C1CCN(c2cc(C3(F)C(F)(C(=O)O)C=CC(F)C3(F)F)ccc2Cl)C(=O)N1. The number of hydrogen-bond donors (Lipinski definition) is 2. The van der Waals surface area contributed by atoms with Gasteiger partial charge < -0.3 is 5.11 Å². The van der Waals surface area contributed by atoms with Gasteiger partial charge in [-0.3, -0.25) is 15.0 Å². The van der Waals surface area contributed by atoms with Crippen molar-refractivity contribution in [1.82, 2.24) is 5.32 Å². The van der Waals surface area contributed by atoms with Gasteiger partial charge in [0, 0.05) is 18.5 Å². The Hall–Kier alpha value is -2.69. The molecule has 3 rings (SSSR count). The molecular formula is C17H12ClF5N2O4. The number of alkyl halides is 5. The van der Waals surface area contributed by atoms with Gasteiger partial charge in [0.15, 0.2) is 6.17 Å². The number of amides is 3. The van der Waals surface area contributed by atoms with Gasteiger partial charge in [-0.15, -0.1) is 0 Å². The summed E-state index contributed by atoms with van der Waals surface area (Å²) in [6.07, 6.45) is -3.68. The smallest absolute Gasteiger partial charge is 0.349 e. The summed E-state index contributed by atoms with van der Waals surface area (Å²) < 4.78 is 73.5. The van der Waals surface area contributed by atoms with E-state index in [2.05, 4.69) is 0 Å². The number of aliphatic carboxylic acids is 1. The second-order valence-corrected chi connectivity index (χ2v) is 6.89. The van der Waals surface area contributed by atoms with E-state index in [1.807, 2.05) is 5.32 Å². The number of nitrogens with one attached hydrogen (secondary N) is 1. The van der Waals surface area contributed by atoms with Crippen LogP contribution in [0.5, 0.6) is 0 Å². The van der Waals surface area contributed by atoms with E-state index in [1.54, 1.807) is 0 Å². The van der Waals surface area contributed by atoms with Gasteiger partial charge >= 0.3 is 17.9 Å². The Morgan fingerprint density at radius 2 is 1.90 bits per heavy atom. The molecule has 1 fully saturated rings. The molecule has 12 heteroatoms. The van der Waals surface area contributed by atoms with E-state index in [4.69, 9.17) is 16.7 Å². The van der Waals surface area contributed by atoms with E-state index < -0.39 is 46.9 Å². The Bertz CT molecular complexity index is 942. The lowest BCUT2D eigenvalue weighted by atomic mass is 9.70. The summed E-state index contributed by atoms with van der Waals surface area (Å²) in [7, 11) is 0. The molecule has 0 aromatic heterocycles. The highest BCUT2D eigenvalue weighted by Crippen LogP contribution is 2.57. The highest BCUT2D eigenvalue weighted by molar-refractivity contribution is 6.34. The summed E-state index contributed by atoms with van der Waals surface area (Å²) in [6.45, 7) is -0.255. The standard InChI is InChI=1S/C17H12ClF5N2O4/c18-9-2-1-8(7-10(9)25-6-4-12(26)24-14(25)29)16(21)15(20,13(27)28)5-3-11(19)17(16,22)23/h1-3,5,7,11H,4,6H2,(H,27,28)(H,24,26,29). The van der Waals surface area contributed by atoms with Crippen LogP contribution in [0.3, 0.4) is 0 Å². The summed E-state index contributed by atoms with van der Waals surface area (Å²) >= 11 is 5.93. The molecule has 0 spiro atoms. The predicted molar refractivity (Wildman–Crippen MR) is 90.2 cm³/mol. The number of carbonyl (C=O) groups is 3. The molecule has 3 amide bonds. The highest BCUT2D eigenvalue weighted by atomic mass is 35.5. The van der Waals surface area contributed by atoms with Gasteiger partial charge in [0.1, 0.15) is 0 Å². The normalized spacial score (nSPS) is 31.5. The molecule has 1 saturated heterocycles. The maximum atomic E-state index is 15.7. The fourth-order valence-corrected chi connectivity index (χ4v) is 3.45. The van der Waals surface area contributed by atoms with Gasteiger partial charge in [-0.1, -0.05) is 17.7 Å². The van der Waals surface area contributed by atoms with Gasteiger partial charge in [-0.05, 0) is 24.3 Å². The fraction of sp³-hybridized carbons (Fsp3) is 0.353. The number of imide groups is 1. The number of halogens is 6. The number of carboxylic acids is 1. The quantitative estimate of drug-likeness (QED) is 0.560. The van der Waals surface area contributed by atoms with E-state index in [-0.39, 0.29) is 35.8 Å². The van der Waals surface area contributed by atoms with E-state index in [9.17, 15) is 27.6 Å². The average molecular weight is 439 g/mol. The number of nitrogens with zero attached hydrogens (tertiary/aromatic N) is 1. The Morgan fingerprint density at radius 3 is 2.48 bits per heavy atom. The highest BCUT2D eigenvalue weighted by Gasteiger charge is 2.76. The number of hydrogen-bond acceptors (Lipinski definition) is 3. The Labute approximate surface area is 164 Å². The van der Waals surface area contributed by atoms with Crippen molar-refractivity contribution in [1.29, 1.82) is 0 Å². The van der Waals surface area contributed by atoms with Crippen molar-refractivity contribution in [2.45, 2.75) is 29.9 Å². The Morgan fingerprint density at radius 1 is 1.24 bits per heavy atom. The van der Waals surface area contributed by atoms with E-state index >= 15 is 8.78 Å². The van der Waals surface area contributed by atoms with Crippen molar-refractivity contribution in [2.75, 3.05) is 11.4 Å². The van der Waals surface area contributed by atoms with Gasteiger partial charge in [-0.25, -0.2) is 22.8 Å². The first-order chi connectivity index (χ1) is 13.4. The zero-order valence-corrected chi connectivity index (χ0v) is 15.0. The fourth-order valence-electron chi connectivity index (χ4n) is 3.23. The first-order valence-corrected chi connectivity index (χ1v) is 8.48. The summed E-state index contributed by atoms with van der Waals surface area (Å²) in [4.78, 5) is 35.4. The monoisotopic (exact) mass is 438 g/mol. The second kappa shape index (κ2) is 6.68. The van der Waals surface area contributed by atoms with Crippen molar-refractivity contribution < 1.29 is 41.4 Å². The second-order valence-electron chi connectivity index (χ2n) is 6.48. The zero-order valence-electron chi connectivity index (χ0n) is 14.3. The van der Waals surface area contributed by atoms with Crippen molar-refractivity contribution in [2.24, 2.45) is 0 Å². The number of benzene rings is 1. The molecular weight excluding hydrogens is 427 g/mol. The number of carboxylic acid groups (broad SMARTS) is 1. The number of urea groups is 1. The first-order valence-electron chi connectivity index (χ1n) is 8.10. The minimum atomic E-state index is -5.11. The molecule has 3 atom stereocenters. The molecule has 1 aromatic carbocycles. The van der Waals surface area contributed by atoms with Crippen LogP contribution >= 0.6 is 11.6 Å². The lowest BCUT2D eigenvalue weighted by molar-refractivity contribution is -0.231. The molecule has 1 heterocycles. The molecule has 0 saturated carbocycles. The van der Waals surface area contributed by atoms with Crippen LogP contribution in [0.1, 0.15) is 12.0 Å². The van der Waals surface area contributed by atoms with Crippen LogP contribution in [0.2, 0.25) is 5.02 Å². The number of anilines is 1. The zero-order chi connectivity index (χ0) is 21.8. The molecule has 0 radical (unpaired) electrons. The summed E-state index contributed by atoms with van der Waals surface area (Å²) in [6, 6.07) is 0.947. The van der Waals surface area contributed by atoms with E-state index in [0.29, 0.717) is 12.1 Å². The molecule has 1 aliphatic carbocycles. The van der Waals surface area contributed by atoms with E-state index in [0.717, 1.165) is 11.0 Å². The lowest BCUT2D eigenvalue weighted by Gasteiger charge is -2.43. The maximum absolute atomic E-state index is 15.7. The lowest BCUT2D eigenvalue weighted by Crippen LogP contribution is -2.64. The third-order valence-corrected chi connectivity index (χ3v) is 5.12. The van der Waals surface area contributed by atoms with Crippen LogP contribution in [0.15, 0.2) is 30.4 Å². The molecule has 6 nitrogen and oxygen atoms in total. The van der Waals surface area contributed by atoms with Crippen LogP contribution in [0.25, 0.3) is 0 Å². The molecule has 1 aliphatic heterocycles. The van der Waals surface area contributed by atoms with Crippen molar-refractivity contribution >= 4 is 35.2 Å². The topological polar surface area (TPSA) is 86.7 Å². The largest absolute Gasteiger partial charge is 0.479 e. The van der Waals surface area contributed by atoms with Crippen molar-refractivity contribution in [3.05, 3.63) is 40.9 Å². The minimum Gasteiger partial charge on any atom is -0.479 e. The molecule has 0 bridgehead atoms. The molecule has 3 unspecified atom stereocenters. The summed E-state index contributed by atoms with van der Waals surface area (Å²) in [5, 5.41) is 10.8. The van der Waals surface area contributed by atoms with Gasteiger partial charge in [0.25, 0.3) is 5.67 Å². The molecule has 2 aliphatic rings. The maximum Gasteiger partial charge on any atom is 0.349 e. The molecule has 2 N–H and O–H groups in total. The van der Waals surface area contributed by atoms with Gasteiger partial charge in [0.05, 0.1) is 10.7 Å². The number of carbonyl (C=O) groups excluding carboxylic acids is 2. The van der Waals surface area contributed by atoms with Crippen LogP contribution in [0.4, 0.5) is 32.4 Å². The van der Waals surface area contributed by atoms with E-state index in [1.165, 1.54) is 0 Å². The first kappa shape index (κ1) is 21.0. The third kappa shape index (κ3) is 2.86. The molecule has 1 aromatic rings. The van der Waals surface area contributed by atoms with Crippen LogP contribution in [-0.4, -0.2) is 47.3 Å². The van der Waals surface area contributed by atoms with Crippen molar-refractivity contribution in [3.63, 3.8) is 0 Å². The van der Waals surface area contributed by atoms with Gasteiger partial charge in [-0.2, -0.15) is 8.78 Å². The van der Waals surface area contributed by atoms with Crippen LogP contribution in [0, 0.1) is 0 Å². The van der Waals surface area contributed by atoms with Gasteiger partial charge in [0.2, 0.25) is 11.6 Å². The van der Waals surface area contributed by atoms with Crippen LogP contribution < -0.4 is 10.2 Å². The Balaban J connectivity index is 2.20. The Kier molecular flexibility index (Phi) is 4.85. The molecule has 29 heavy (non-hydrogen) atoms. The average Bonchev–Trinajstić information content (AvgIpc) is 2.64. The predicted octanol–water partition coefficient (Wildman–Crippen LogP) is 3.29. The third-order valence-electron chi connectivity index (χ3n) is 4.80.